The number of nitrogens with one attached hydrogen (secondary N) is 1. The standard InChI is InChI=1S/C28H28F4N4O2S/c1-18-16-34(11-12-36(18)27(38)33-22-7-3-5-20(15-22)28(30,31)32)25(37)17-35-10-8-24-23(9-13-39-24)26(35)19-4-2-6-21(29)14-19/h2-7,9,13-15,18,26H,8,10-12,16-17H2,1H3,(H,33,38)/t18-,26+/m0/s1. The van der Waals surface area contributed by atoms with Gasteiger partial charge in [0.1, 0.15) is 5.82 Å². The molecular weight excluding hydrogens is 532 g/mol. The van der Waals surface area contributed by atoms with Crippen LogP contribution in [-0.4, -0.2) is 65.4 Å². The summed E-state index contributed by atoms with van der Waals surface area (Å²) in [4.78, 5) is 32.8. The molecule has 0 radical (unpaired) electrons. The molecule has 206 valence electrons. The Morgan fingerprint density at radius 1 is 1.05 bits per heavy atom. The Labute approximate surface area is 227 Å². The van der Waals surface area contributed by atoms with E-state index in [1.165, 1.54) is 34.0 Å². The average molecular weight is 561 g/mol. The van der Waals surface area contributed by atoms with E-state index in [9.17, 15) is 27.2 Å². The summed E-state index contributed by atoms with van der Waals surface area (Å²) < 4.78 is 53.2. The second-order valence-electron chi connectivity index (χ2n) is 9.87. The Morgan fingerprint density at radius 3 is 2.59 bits per heavy atom. The second kappa shape index (κ2) is 11.0. The number of fused-ring (bicyclic) bond motifs is 1. The van der Waals surface area contributed by atoms with Crippen molar-refractivity contribution in [1.29, 1.82) is 0 Å². The van der Waals surface area contributed by atoms with Gasteiger partial charge in [-0.3, -0.25) is 9.69 Å². The van der Waals surface area contributed by atoms with Crippen LogP contribution in [0.2, 0.25) is 0 Å². The summed E-state index contributed by atoms with van der Waals surface area (Å²) in [7, 11) is 0. The van der Waals surface area contributed by atoms with Gasteiger partial charge in [0.05, 0.1) is 18.2 Å². The molecule has 2 aromatic carbocycles. The fraction of sp³-hybridized carbons (Fsp3) is 0.357. The minimum absolute atomic E-state index is 0.0572. The predicted octanol–water partition coefficient (Wildman–Crippen LogP) is 5.62. The third-order valence-corrected chi connectivity index (χ3v) is 8.25. The Balaban J connectivity index is 1.23. The molecule has 3 aromatic rings. The van der Waals surface area contributed by atoms with Gasteiger partial charge in [-0.2, -0.15) is 13.2 Å². The van der Waals surface area contributed by atoms with Gasteiger partial charge >= 0.3 is 12.2 Å². The van der Waals surface area contributed by atoms with Crippen molar-refractivity contribution >= 4 is 29.0 Å². The Kier molecular flexibility index (Phi) is 7.64. The minimum atomic E-state index is -4.51. The van der Waals surface area contributed by atoms with Gasteiger partial charge < -0.3 is 15.1 Å². The van der Waals surface area contributed by atoms with Crippen molar-refractivity contribution in [2.75, 3.05) is 38.0 Å². The van der Waals surface area contributed by atoms with Gasteiger partial charge in [-0.05, 0) is 66.2 Å². The molecule has 1 fully saturated rings. The number of piperazine rings is 1. The molecule has 1 saturated heterocycles. The van der Waals surface area contributed by atoms with Crippen LogP contribution < -0.4 is 5.32 Å². The molecule has 1 N–H and O–H groups in total. The van der Waals surface area contributed by atoms with Crippen LogP contribution >= 0.6 is 11.3 Å². The van der Waals surface area contributed by atoms with Crippen LogP contribution in [0.5, 0.6) is 0 Å². The van der Waals surface area contributed by atoms with Gasteiger partial charge in [0.2, 0.25) is 5.91 Å². The van der Waals surface area contributed by atoms with E-state index in [0.29, 0.717) is 19.6 Å². The van der Waals surface area contributed by atoms with E-state index < -0.39 is 17.8 Å². The number of anilines is 1. The smallest absolute Gasteiger partial charge is 0.338 e. The number of rotatable bonds is 4. The molecule has 2 aliphatic heterocycles. The van der Waals surface area contributed by atoms with Crippen LogP contribution in [0.15, 0.2) is 60.0 Å². The maximum atomic E-state index is 14.1. The van der Waals surface area contributed by atoms with Gasteiger partial charge in [0.25, 0.3) is 0 Å². The highest BCUT2D eigenvalue weighted by Gasteiger charge is 2.35. The number of carbonyl (C=O) groups is 2. The molecule has 39 heavy (non-hydrogen) atoms. The quantitative estimate of drug-likeness (QED) is 0.422. The lowest BCUT2D eigenvalue weighted by Gasteiger charge is -2.41. The molecule has 2 atom stereocenters. The lowest BCUT2D eigenvalue weighted by molar-refractivity contribution is -0.137. The predicted molar refractivity (Wildman–Crippen MR) is 141 cm³/mol. The zero-order valence-corrected chi connectivity index (χ0v) is 22.1. The van der Waals surface area contributed by atoms with E-state index in [4.69, 9.17) is 0 Å². The summed E-state index contributed by atoms with van der Waals surface area (Å²) in [5, 5.41) is 4.57. The molecular formula is C28H28F4N4O2S. The maximum Gasteiger partial charge on any atom is 0.416 e. The Bertz CT molecular complexity index is 1360. The molecule has 0 spiro atoms. The molecule has 1 aromatic heterocycles. The maximum absolute atomic E-state index is 14.1. The summed E-state index contributed by atoms with van der Waals surface area (Å²) in [6.07, 6.45) is -3.70. The molecule has 2 aliphatic rings. The van der Waals surface area contributed by atoms with Crippen LogP contribution in [-0.2, 0) is 17.4 Å². The number of urea groups is 1. The zero-order valence-electron chi connectivity index (χ0n) is 21.2. The van der Waals surface area contributed by atoms with E-state index in [-0.39, 0.29) is 42.6 Å². The summed E-state index contributed by atoms with van der Waals surface area (Å²) >= 11 is 1.67. The van der Waals surface area contributed by atoms with Crippen molar-refractivity contribution in [1.82, 2.24) is 14.7 Å². The van der Waals surface area contributed by atoms with Crippen molar-refractivity contribution in [3.63, 3.8) is 0 Å². The van der Waals surface area contributed by atoms with Gasteiger partial charge in [0, 0.05) is 42.8 Å². The molecule has 0 saturated carbocycles. The minimum Gasteiger partial charge on any atom is -0.338 e. The van der Waals surface area contributed by atoms with Gasteiger partial charge in [-0.25, -0.2) is 9.18 Å². The van der Waals surface area contributed by atoms with E-state index >= 15 is 0 Å². The third-order valence-electron chi connectivity index (χ3n) is 7.25. The number of amides is 3. The monoisotopic (exact) mass is 560 g/mol. The number of nitrogens with zero attached hydrogens (tertiary/aromatic N) is 3. The van der Waals surface area contributed by atoms with Crippen LogP contribution in [0.4, 0.5) is 28.0 Å². The number of alkyl halides is 3. The van der Waals surface area contributed by atoms with Crippen molar-refractivity contribution < 1.29 is 27.2 Å². The molecule has 5 rings (SSSR count). The molecule has 11 heteroatoms. The van der Waals surface area contributed by atoms with E-state index in [1.54, 1.807) is 29.2 Å². The SMILES string of the molecule is C[C@H]1CN(C(=O)CN2CCc3sccc3[C@H]2c2cccc(F)c2)CCN1C(=O)Nc1cccc(C(F)(F)F)c1. The zero-order chi connectivity index (χ0) is 27.7. The van der Waals surface area contributed by atoms with Crippen molar-refractivity contribution in [3.05, 3.63) is 87.4 Å². The number of hydrogen-bond donors (Lipinski definition) is 1. The summed E-state index contributed by atoms with van der Waals surface area (Å²) in [5.74, 6) is -0.408. The molecule has 0 unspecified atom stereocenters. The molecule has 3 amide bonds. The Morgan fingerprint density at radius 2 is 1.85 bits per heavy atom. The van der Waals surface area contributed by atoms with Crippen LogP contribution in [0, 0.1) is 5.82 Å². The average Bonchev–Trinajstić information content (AvgIpc) is 3.37. The van der Waals surface area contributed by atoms with Crippen molar-refractivity contribution in [3.8, 4) is 0 Å². The lowest BCUT2D eigenvalue weighted by Crippen LogP contribution is -2.58. The highest BCUT2D eigenvalue weighted by Crippen LogP contribution is 2.38. The van der Waals surface area contributed by atoms with Gasteiger partial charge in [0.15, 0.2) is 0 Å². The topological polar surface area (TPSA) is 55.9 Å². The first kappa shape index (κ1) is 27.1. The first-order valence-electron chi connectivity index (χ1n) is 12.7. The first-order chi connectivity index (χ1) is 18.6. The fourth-order valence-electron chi connectivity index (χ4n) is 5.33. The number of halogens is 4. The molecule has 3 heterocycles. The highest BCUT2D eigenvalue weighted by molar-refractivity contribution is 7.10. The van der Waals surface area contributed by atoms with Crippen LogP contribution in [0.3, 0.4) is 0 Å². The number of thiophene rings is 1. The van der Waals surface area contributed by atoms with Gasteiger partial charge in [-0.15, -0.1) is 11.3 Å². The second-order valence-corrected chi connectivity index (χ2v) is 10.9. The normalized spacial score (nSPS) is 20.0. The summed E-state index contributed by atoms with van der Waals surface area (Å²) in [6, 6.07) is 11.9. The third kappa shape index (κ3) is 5.94. The summed E-state index contributed by atoms with van der Waals surface area (Å²) in [6.45, 7) is 3.48. The summed E-state index contributed by atoms with van der Waals surface area (Å²) in [5.41, 5.74) is 1.11. The molecule has 0 aliphatic carbocycles. The Hall–Kier alpha value is -3.44. The molecule has 6 nitrogen and oxygen atoms in total. The van der Waals surface area contributed by atoms with Gasteiger partial charge in [-0.1, -0.05) is 18.2 Å². The fourth-order valence-corrected chi connectivity index (χ4v) is 6.24. The largest absolute Gasteiger partial charge is 0.416 e. The van der Waals surface area contributed by atoms with Crippen molar-refractivity contribution in [2.24, 2.45) is 0 Å². The molecule has 0 bridgehead atoms. The van der Waals surface area contributed by atoms with E-state index in [2.05, 4.69) is 10.2 Å². The van der Waals surface area contributed by atoms with E-state index in [0.717, 1.165) is 29.7 Å². The van der Waals surface area contributed by atoms with E-state index in [1.807, 2.05) is 17.5 Å². The van der Waals surface area contributed by atoms with Crippen LogP contribution in [0.25, 0.3) is 0 Å². The lowest BCUT2D eigenvalue weighted by atomic mass is 9.93. The van der Waals surface area contributed by atoms with Crippen LogP contribution in [0.1, 0.15) is 34.5 Å². The highest BCUT2D eigenvalue weighted by atomic mass is 32.1. The number of hydrogen-bond acceptors (Lipinski definition) is 4. The first-order valence-corrected chi connectivity index (χ1v) is 13.6. The van der Waals surface area contributed by atoms with Crippen molar-refractivity contribution in [2.45, 2.75) is 31.6 Å². The number of carbonyl (C=O) groups excluding carboxylic acids is 2. The number of benzene rings is 2.